The van der Waals surface area contributed by atoms with E-state index < -0.39 is 22.9 Å². The van der Waals surface area contributed by atoms with Gasteiger partial charge in [0.25, 0.3) is 5.56 Å². The standard InChI is InChI=1S/C18H15ClF3N3O/c1-10(2)11(3)24-25-16(12-5-4-6-13(19)7-12)8-15(18(20,21)22)14(9-23)17(25)26/h4-8,10H,1-3H3/b24-11+. The summed E-state index contributed by atoms with van der Waals surface area (Å²) in [4.78, 5) is 12.6. The number of nitriles is 1. The van der Waals surface area contributed by atoms with Gasteiger partial charge in [-0.05, 0) is 31.0 Å². The minimum Gasteiger partial charge on any atom is -0.266 e. The summed E-state index contributed by atoms with van der Waals surface area (Å²) >= 11 is 5.93. The van der Waals surface area contributed by atoms with Gasteiger partial charge in [0.2, 0.25) is 0 Å². The van der Waals surface area contributed by atoms with Crippen LogP contribution in [0.5, 0.6) is 0 Å². The Morgan fingerprint density at radius 1 is 1.31 bits per heavy atom. The van der Waals surface area contributed by atoms with Gasteiger partial charge in [-0.1, -0.05) is 37.6 Å². The SMILES string of the molecule is C/C(=N\n1c(-c2cccc(Cl)c2)cc(C(F)(F)F)c(C#N)c1=O)C(C)C. The van der Waals surface area contributed by atoms with Crippen molar-refractivity contribution in [2.45, 2.75) is 26.9 Å². The van der Waals surface area contributed by atoms with Crippen molar-refractivity contribution in [3.05, 3.63) is 56.8 Å². The molecule has 0 spiro atoms. The zero-order valence-electron chi connectivity index (χ0n) is 14.2. The van der Waals surface area contributed by atoms with Crippen molar-refractivity contribution in [1.29, 1.82) is 5.26 Å². The number of aromatic nitrogens is 1. The fraction of sp³-hybridized carbons (Fsp3) is 0.278. The van der Waals surface area contributed by atoms with E-state index in [-0.39, 0.29) is 17.2 Å². The van der Waals surface area contributed by atoms with E-state index in [4.69, 9.17) is 16.9 Å². The Kier molecular flexibility index (Phi) is 5.57. The largest absolute Gasteiger partial charge is 0.417 e. The third-order valence-electron chi connectivity index (χ3n) is 3.82. The summed E-state index contributed by atoms with van der Waals surface area (Å²) in [6, 6.07) is 8.17. The number of benzene rings is 1. The van der Waals surface area contributed by atoms with Crippen LogP contribution in [0.1, 0.15) is 31.9 Å². The lowest BCUT2D eigenvalue weighted by Gasteiger charge is -2.16. The van der Waals surface area contributed by atoms with Crippen LogP contribution in [0, 0.1) is 17.2 Å². The molecule has 8 heteroatoms. The number of hydrogen-bond acceptors (Lipinski definition) is 3. The van der Waals surface area contributed by atoms with Gasteiger partial charge < -0.3 is 0 Å². The van der Waals surface area contributed by atoms with E-state index in [0.29, 0.717) is 10.7 Å². The van der Waals surface area contributed by atoms with Crippen molar-refractivity contribution in [2.24, 2.45) is 11.0 Å². The number of hydrogen-bond donors (Lipinski definition) is 0. The van der Waals surface area contributed by atoms with E-state index in [0.717, 1.165) is 10.7 Å². The number of halogens is 4. The zero-order valence-corrected chi connectivity index (χ0v) is 15.0. The second-order valence-corrected chi connectivity index (χ2v) is 6.39. The Hall–Kier alpha value is -2.59. The highest BCUT2D eigenvalue weighted by molar-refractivity contribution is 6.30. The van der Waals surface area contributed by atoms with Gasteiger partial charge in [-0.3, -0.25) is 4.79 Å². The molecular weight excluding hydrogens is 367 g/mol. The molecule has 1 aromatic carbocycles. The monoisotopic (exact) mass is 381 g/mol. The Bertz CT molecular complexity index is 969. The summed E-state index contributed by atoms with van der Waals surface area (Å²) in [6.45, 7) is 5.32. The average molecular weight is 382 g/mol. The molecule has 0 aliphatic carbocycles. The van der Waals surface area contributed by atoms with Gasteiger partial charge in [-0.15, -0.1) is 0 Å². The molecule has 4 nitrogen and oxygen atoms in total. The third kappa shape index (κ3) is 3.97. The molecule has 0 unspecified atom stereocenters. The van der Waals surface area contributed by atoms with Gasteiger partial charge in [0.05, 0.1) is 11.3 Å². The van der Waals surface area contributed by atoms with E-state index in [1.54, 1.807) is 19.1 Å². The zero-order chi connectivity index (χ0) is 19.6. The maximum absolute atomic E-state index is 13.4. The molecular formula is C18H15ClF3N3O. The molecule has 1 heterocycles. The average Bonchev–Trinajstić information content (AvgIpc) is 2.54. The first kappa shape index (κ1) is 19.7. The van der Waals surface area contributed by atoms with E-state index in [2.05, 4.69) is 5.10 Å². The molecule has 26 heavy (non-hydrogen) atoms. The summed E-state index contributed by atoms with van der Waals surface area (Å²) in [6.07, 6.45) is -4.85. The van der Waals surface area contributed by atoms with Crippen molar-refractivity contribution in [1.82, 2.24) is 4.68 Å². The van der Waals surface area contributed by atoms with E-state index in [9.17, 15) is 18.0 Å². The van der Waals surface area contributed by atoms with Crippen LogP contribution in [0.25, 0.3) is 11.3 Å². The quantitative estimate of drug-likeness (QED) is 0.707. The Labute approximate surface area is 153 Å². The number of nitrogens with zero attached hydrogens (tertiary/aromatic N) is 3. The molecule has 2 aromatic rings. The normalized spacial score (nSPS) is 12.3. The van der Waals surface area contributed by atoms with Gasteiger partial charge in [-0.25, -0.2) is 0 Å². The molecule has 136 valence electrons. The minimum atomic E-state index is -4.85. The van der Waals surface area contributed by atoms with Crippen molar-refractivity contribution >= 4 is 17.3 Å². The highest BCUT2D eigenvalue weighted by Crippen LogP contribution is 2.34. The second kappa shape index (κ2) is 7.34. The van der Waals surface area contributed by atoms with Crippen molar-refractivity contribution < 1.29 is 13.2 Å². The molecule has 0 aliphatic rings. The van der Waals surface area contributed by atoms with Crippen molar-refractivity contribution in [3.8, 4) is 17.3 Å². The van der Waals surface area contributed by atoms with Crippen LogP contribution in [-0.4, -0.2) is 10.4 Å². The molecule has 0 aliphatic heterocycles. The minimum absolute atomic E-state index is 0.0399. The van der Waals surface area contributed by atoms with Gasteiger partial charge in [0.1, 0.15) is 11.6 Å². The summed E-state index contributed by atoms with van der Waals surface area (Å²) in [5.74, 6) is -0.0399. The maximum atomic E-state index is 13.4. The lowest BCUT2D eigenvalue weighted by atomic mass is 10.0. The molecule has 0 saturated carbocycles. The smallest absolute Gasteiger partial charge is 0.266 e. The van der Waals surface area contributed by atoms with Crippen LogP contribution < -0.4 is 5.56 Å². The molecule has 0 atom stereocenters. The highest BCUT2D eigenvalue weighted by Gasteiger charge is 2.36. The summed E-state index contributed by atoms with van der Waals surface area (Å²) in [5, 5.41) is 13.6. The Balaban J connectivity index is 2.96. The molecule has 0 N–H and O–H groups in total. The van der Waals surface area contributed by atoms with E-state index >= 15 is 0 Å². The van der Waals surface area contributed by atoms with Gasteiger partial charge in [0.15, 0.2) is 0 Å². The van der Waals surface area contributed by atoms with Crippen molar-refractivity contribution in [3.63, 3.8) is 0 Å². The fourth-order valence-corrected chi connectivity index (χ4v) is 2.35. The third-order valence-corrected chi connectivity index (χ3v) is 4.05. The molecule has 0 fully saturated rings. The predicted octanol–water partition coefficient (Wildman–Crippen LogP) is 4.94. The molecule has 0 saturated heterocycles. The number of rotatable bonds is 3. The lowest BCUT2D eigenvalue weighted by Crippen LogP contribution is -2.27. The fourth-order valence-electron chi connectivity index (χ4n) is 2.16. The summed E-state index contributed by atoms with van der Waals surface area (Å²) in [5.41, 5.74) is -2.71. The first-order chi connectivity index (χ1) is 12.1. The van der Waals surface area contributed by atoms with Gasteiger partial charge in [0, 0.05) is 16.3 Å². The van der Waals surface area contributed by atoms with E-state index in [1.165, 1.54) is 18.2 Å². The highest BCUT2D eigenvalue weighted by atomic mass is 35.5. The van der Waals surface area contributed by atoms with E-state index in [1.807, 2.05) is 13.8 Å². The van der Waals surface area contributed by atoms with Crippen LogP contribution in [0.2, 0.25) is 5.02 Å². The Morgan fingerprint density at radius 3 is 2.46 bits per heavy atom. The van der Waals surface area contributed by atoms with Crippen LogP contribution in [0.15, 0.2) is 40.2 Å². The maximum Gasteiger partial charge on any atom is 0.417 e. The number of pyridine rings is 1. The second-order valence-electron chi connectivity index (χ2n) is 5.95. The Morgan fingerprint density at radius 2 is 1.96 bits per heavy atom. The topological polar surface area (TPSA) is 58.1 Å². The molecule has 0 radical (unpaired) electrons. The first-order valence-electron chi connectivity index (χ1n) is 7.65. The van der Waals surface area contributed by atoms with Crippen LogP contribution in [0.3, 0.4) is 0 Å². The summed E-state index contributed by atoms with van der Waals surface area (Å²) in [7, 11) is 0. The van der Waals surface area contributed by atoms with Gasteiger partial charge >= 0.3 is 6.18 Å². The number of alkyl halides is 3. The molecule has 2 rings (SSSR count). The summed E-state index contributed by atoms with van der Waals surface area (Å²) < 4.78 is 40.9. The first-order valence-corrected chi connectivity index (χ1v) is 8.02. The van der Waals surface area contributed by atoms with Crippen molar-refractivity contribution in [2.75, 3.05) is 0 Å². The van der Waals surface area contributed by atoms with Crippen LogP contribution in [-0.2, 0) is 6.18 Å². The predicted molar refractivity (Wildman–Crippen MR) is 94.2 cm³/mol. The lowest BCUT2D eigenvalue weighted by molar-refractivity contribution is -0.137. The molecule has 1 aromatic heterocycles. The van der Waals surface area contributed by atoms with Gasteiger partial charge in [-0.2, -0.15) is 28.2 Å². The molecule has 0 amide bonds. The van der Waals surface area contributed by atoms with Crippen LogP contribution in [0.4, 0.5) is 13.2 Å². The molecule has 0 bridgehead atoms. The van der Waals surface area contributed by atoms with Crippen LogP contribution >= 0.6 is 11.6 Å².